The molecule has 3 rings (SSSR count). The molecule has 2 heterocycles. The summed E-state index contributed by atoms with van der Waals surface area (Å²) in [6.45, 7) is 2.14. The van der Waals surface area contributed by atoms with Gasteiger partial charge in [-0.25, -0.2) is 4.79 Å². The normalized spacial score (nSPS) is 18.8. The molecule has 1 fully saturated rings. The summed E-state index contributed by atoms with van der Waals surface area (Å²) in [4.78, 5) is 13.8. The van der Waals surface area contributed by atoms with E-state index in [1.807, 2.05) is 18.2 Å². The molecule has 0 saturated carbocycles. The summed E-state index contributed by atoms with van der Waals surface area (Å²) in [5.41, 5.74) is 0.952. The Hall–Kier alpha value is -2.01. The number of nitrogens with one attached hydrogen (secondary N) is 1. The number of aromatic nitrogens is 1. The number of benzene rings is 1. The Morgan fingerprint density at radius 3 is 3.16 bits per heavy atom. The van der Waals surface area contributed by atoms with Crippen LogP contribution in [0, 0.1) is 5.92 Å². The zero-order valence-electron chi connectivity index (χ0n) is 10.4. The number of H-pyrrole nitrogens is 1. The van der Waals surface area contributed by atoms with Crippen LogP contribution in [0.2, 0.25) is 0 Å². The largest absolute Gasteiger partial charge is 0.493 e. The van der Waals surface area contributed by atoms with Gasteiger partial charge < -0.3 is 19.6 Å². The third-order valence-corrected chi connectivity index (χ3v) is 3.35. The molecule has 1 aliphatic heterocycles. The van der Waals surface area contributed by atoms with Crippen molar-refractivity contribution in [2.45, 2.75) is 6.42 Å². The van der Waals surface area contributed by atoms with Gasteiger partial charge >= 0.3 is 5.97 Å². The lowest BCUT2D eigenvalue weighted by molar-refractivity contribution is 0.0691. The van der Waals surface area contributed by atoms with E-state index >= 15 is 0 Å². The number of aromatic carboxylic acids is 1. The number of hydrogen-bond donors (Lipinski definition) is 2. The highest BCUT2D eigenvalue weighted by Crippen LogP contribution is 2.27. The first-order valence-corrected chi connectivity index (χ1v) is 6.29. The molecule has 1 saturated heterocycles. The Bertz CT molecular complexity index is 599. The molecular formula is C14H15NO4. The van der Waals surface area contributed by atoms with E-state index in [1.54, 1.807) is 6.07 Å². The number of ether oxygens (including phenoxy) is 2. The van der Waals surface area contributed by atoms with Gasteiger partial charge in [-0.2, -0.15) is 0 Å². The van der Waals surface area contributed by atoms with E-state index in [2.05, 4.69) is 4.98 Å². The quantitative estimate of drug-likeness (QED) is 0.885. The molecule has 0 radical (unpaired) electrons. The topological polar surface area (TPSA) is 71.6 Å². The minimum atomic E-state index is -0.966. The predicted octanol–water partition coefficient (Wildman–Crippen LogP) is 2.28. The highest BCUT2D eigenvalue weighted by molar-refractivity contribution is 5.96. The van der Waals surface area contributed by atoms with Crippen LogP contribution in [0.1, 0.15) is 16.9 Å². The summed E-state index contributed by atoms with van der Waals surface area (Å²) in [6.07, 6.45) is 1.02. The third kappa shape index (κ3) is 2.42. The molecule has 1 aromatic heterocycles. The van der Waals surface area contributed by atoms with E-state index in [-0.39, 0.29) is 5.69 Å². The molecule has 0 spiro atoms. The molecular weight excluding hydrogens is 246 g/mol. The Morgan fingerprint density at radius 1 is 1.53 bits per heavy atom. The van der Waals surface area contributed by atoms with Crippen molar-refractivity contribution in [1.82, 2.24) is 4.98 Å². The van der Waals surface area contributed by atoms with E-state index in [1.165, 1.54) is 0 Å². The average molecular weight is 261 g/mol. The summed E-state index contributed by atoms with van der Waals surface area (Å²) in [7, 11) is 0. The fourth-order valence-corrected chi connectivity index (χ4v) is 2.29. The zero-order chi connectivity index (χ0) is 13.2. The monoisotopic (exact) mass is 261 g/mol. The van der Waals surface area contributed by atoms with Crippen molar-refractivity contribution >= 4 is 16.9 Å². The standard InChI is InChI=1S/C14H15NO4/c16-14(17)12-6-10-11(15-12)2-1-3-13(10)19-8-9-4-5-18-7-9/h1-3,6,9,15H,4-5,7-8H2,(H,16,17). The van der Waals surface area contributed by atoms with Gasteiger partial charge in [0.05, 0.1) is 13.2 Å². The van der Waals surface area contributed by atoms with Crippen LogP contribution >= 0.6 is 0 Å². The minimum Gasteiger partial charge on any atom is -0.493 e. The average Bonchev–Trinajstić information content (AvgIpc) is 3.05. The molecule has 5 nitrogen and oxygen atoms in total. The molecule has 1 unspecified atom stereocenters. The molecule has 0 amide bonds. The third-order valence-electron chi connectivity index (χ3n) is 3.35. The van der Waals surface area contributed by atoms with Gasteiger partial charge in [-0.3, -0.25) is 0 Å². The molecule has 1 atom stereocenters. The number of hydrogen-bond acceptors (Lipinski definition) is 3. The van der Waals surface area contributed by atoms with Gasteiger partial charge in [0, 0.05) is 23.4 Å². The second kappa shape index (κ2) is 4.93. The SMILES string of the molecule is O=C(O)c1cc2c(OCC3CCOC3)cccc2[nH]1. The highest BCUT2D eigenvalue weighted by atomic mass is 16.5. The molecule has 19 heavy (non-hydrogen) atoms. The molecule has 0 bridgehead atoms. The number of fused-ring (bicyclic) bond motifs is 1. The fraction of sp³-hybridized carbons (Fsp3) is 0.357. The zero-order valence-corrected chi connectivity index (χ0v) is 10.4. The second-order valence-corrected chi connectivity index (χ2v) is 4.75. The van der Waals surface area contributed by atoms with Crippen LogP contribution in [0.5, 0.6) is 5.75 Å². The van der Waals surface area contributed by atoms with Crippen LogP contribution in [-0.2, 0) is 4.74 Å². The van der Waals surface area contributed by atoms with Crippen LogP contribution in [0.3, 0.4) is 0 Å². The molecule has 5 heteroatoms. The summed E-state index contributed by atoms with van der Waals surface area (Å²) >= 11 is 0. The molecule has 1 aromatic carbocycles. The number of rotatable bonds is 4. The smallest absolute Gasteiger partial charge is 0.352 e. The lowest BCUT2D eigenvalue weighted by Gasteiger charge is -2.10. The lowest BCUT2D eigenvalue weighted by Crippen LogP contribution is -2.11. The number of carboxylic acids is 1. The van der Waals surface area contributed by atoms with Crippen LogP contribution in [0.4, 0.5) is 0 Å². The van der Waals surface area contributed by atoms with Crippen molar-refractivity contribution in [3.05, 3.63) is 30.0 Å². The highest BCUT2D eigenvalue weighted by Gasteiger charge is 2.17. The van der Waals surface area contributed by atoms with E-state index in [0.29, 0.717) is 18.3 Å². The van der Waals surface area contributed by atoms with Crippen molar-refractivity contribution < 1.29 is 19.4 Å². The van der Waals surface area contributed by atoms with Gasteiger partial charge in [0.2, 0.25) is 0 Å². The van der Waals surface area contributed by atoms with Gasteiger partial charge in [0.25, 0.3) is 0 Å². The Morgan fingerprint density at radius 2 is 2.42 bits per heavy atom. The van der Waals surface area contributed by atoms with E-state index < -0.39 is 5.97 Å². The second-order valence-electron chi connectivity index (χ2n) is 4.75. The maximum atomic E-state index is 11.0. The fourth-order valence-electron chi connectivity index (χ4n) is 2.29. The maximum absolute atomic E-state index is 11.0. The number of carbonyl (C=O) groups is 1. The van der Waals surface area contributed by atoms with Crippen molar-refractivity contribution in [2.24, 2.45) is 5.92 Å². The molecule has 2 aromatic rings. The first-order valence-electron chi connectivity index (χ1n) is 6.29. The van der Waals surface area contributed by atoms with Gasteiger partial charge in [-0.05, 0) is 24.6 Å². The first-order chi connectivity index (χ1) is 9.24. The lowest BCUT2D eigenvalue weighted by atomic mass is 10.1. The number of carboxylic acid groups (broad SMARTS) is 1. The number of aromatic amines is 1. The van der Waals surface area contributed by atoms with Crippen molar-refractivity contribution in [1.29, 1.82) is 0 Å². The maximum Gasteiger partial charge on any atom is 0.352 e. The van der Waals surface area contributed by atoms with Crippen LogP contribution in [0.15, 0.2) is 24.3 Å². The Labute approximate surface area is 110 Å². The predicted molar refractivity (Wildman–Crippen MR) is 69.7 cm³/mol. The van der Waals surface area contributed by atoms with E-state index in [4.69, 9.17) is 14.6 Å². The van der Waals surface area contributed by atoms with Gasteiger partial charge in [-0.1, -0.05) is 6.07 Å². The first kappa shape index (κ1) is 12.0. The molecule has 0 aliphatic carbocycles. The van der Waals surface area contributed by atoms with Crippen LogP contribution in [0.25, 0.3) is 10.9 Å². The van der Waals surface area contributed by atoms with Gasteiger partial charge in [-0.15, -0.1) is 0 Å². The summed E-state index contributed by atoms with van der Waals surface area (Å²) in [6, 6.07) is 7.16. The molecule has 1 aliphatic rings. The van der Waals surface area contributed by atoms with E-state index in [9.17, 15) is 4.79 Å². The summed E-state index contributed by atoms with van der Waals surface area (Å²) < 4.78 is 11.1. The minimum absolute atomic E-state index is 0.176. The van der Waals surface area contributed by atoms with Crippen molar-refractivity contribution in [3.8, 4) is 5.75 Å². The van der Waals surface area contributed by atoms with Crippen LogP contribution in [-0.4, -0.2) is 35.9 Å². The Balaban J connectivity index is 1.83. The van der Waals surface area contributed by atoms with Crippen molar-refractivity contribution in [3.63, 3.8) is 0 Å². The van der Waals surface area contributed by atoms with Gasteiger partial charge in [0.1, 0.15) is 11.4 Å². The Kier molecular flexibility index (Phi) is 3.13. The van der Waals surface area contributed by atoms with E-state index in [0.717, 1.165) is 30.5 Å². The molecule has 2 N–H and O–H groups in total. The molecule has 100 valence electrons. The van der Waals surface area contributed by atoms with Crippen LogP contribution < -0.4 is 4.74 Å². The summed E-state index contributed by atoms with van der Waals surface area (Å²) in [5, 5.41) is 9.80. The van der Waals surface area contributed by atoms with Crippen molar-refractivity contribution in [2.75, 3.05) is 19.8 Å². The summed E-state index contributed by atoms with van der Waals surface area (Å²) in [5.74, 6) is 0.174. The van der Waals surface area contributed by atoms with Gasteiger partial charge in [0.15, 0.2) is 0 Å².